The Labute approximate surface area is 109 Å². The highest BCUT2D eigenvalue weighted by Crippen LogP contribution is 2.41. The number of hydrogen-bond acceptors (Lipinski definition) is 3. The van der Waals surface area contributed by atoms with Gasteiger partial charge in [0.15, 0.2) is 5.17 Å². The molecule has 0 radical (unpaired) electrons. The molecule has 96 valence electrons. The predicted octanol–water partition coefficient (Wildman–Crippen LogP) is 3.28. The van der Waals surface area contributed by atoms with E-state index in [1.807, 2.05) is 11.8 Å². The summed E-state index contributed by atoms with van der Waals surface area (Å²) in [6.45, 7) is 5.86. The van der Waals surface area contributed by atoms with Crippen LogP contribution in [0.3, 0.4) is 0 Å². The fraction of sp³-hybridized carbons (Fsp3) is 0.929. The Morgan fingerprint density at radius 1 is 1.12 bits per heavy atom. The summed E-state index contributed by atoms with van der Waals surface area (Å²) in [5, 5.41) is 5.74. The average Bonchev–Trinajstić information content (AvgIpc) is 3.06. The minimum Gasteiger partial charge on any atom is -0.362 e. The molecular weight excluding hydrogens is 228 g/mol. The van der Waals surface area contributed by atoms with Gasteiger partial charge in [-0.1, -0.05) is 25.6 Å². The van der Waals surface area contributed by atoms with E-state index >= 15 is 0 Å². The van der Waals surface area contributed by atoms with Gasteiger partial charge in [0.1, 0.15) is 0 Å². The van der Waals surface area contributed by atoms with Gasteiger partial charge < -0.3 is 5.32 Å². The summed E-state index contributed by atoms with van der Waals surface area (Å²) in [4.78, 5) is 4.69. The van der Waals surface area contributed by atoms with Crippen molar-refractivity contribution >= 4 is 16.9 Å². The number of aliphatic imine (C=N–C) groups is 1. The maximum Gasteiger partial charge on any atom is 0.157 e. The fourth-order valence-electron chi connectivity index (χ4n) is 3.04. The zero-order valence-electron chi connectivity index (χ0n) is 11.0. The van der Waals surface area contributed by atoms with Crippen LogP contribution in [0.2, 0.25) is 0 Å². The van der Waals surface area contributed by atoms with E-state index in [0.29, 0.717) is 6.04 Å². The summed E-state index contributed by atoms with van der Waals surface area (Å²) in [5.74, 6) is 2.76. The van der Waals surface area contributed by atoms with Crippen molar-refractivity contribution < 1.29 is 0 Å². The van der Waals surface area contributed by atoms with Crippen LogP contribution in [0, 0.1) is 17.8 Å². The minimum atomic E-state index is 0.686. The van der Waals surface area contributed by atoms with E-state index in [4.69, 9.17) is 0 Å². The van der Waals surface area contributed by atoms with E-state index in [0.717, 1.165) is 29.5 Å². The number of thioether (sulfide) groups is 1. The molecule has 4 atom stereocenters. The van der Waals surface area contributed by atoms with Crippen molar-refractivity contribution in [2.75, 3.05) is 6.54 Å². The first-order valence-electron chi connectivity index (χ1n) is 7.20. The summed E-state index contributed by atoms with van der Waals surface area (Å²) in [7, 11) is 0. The van der Waals surface area contributed by atoms with Gasteiger partial charge >= 0.3 is 0 Å². The second-order valence-electron chi connectivity index (χ2n) is 6.25. The van der Waals surface area contributed by atoms with E-state index in [1.165, 1.54) is 37.3 Å². The van der Waals surface area contributed by atoms with Crippen molar-refractivity contribution in [1.82, 2.24) is 5.32 Å². The molecule has 2 saturated carbocycles. The maximum atomic E-state index is 4.69. The van der Waals surface area contributed by atoms with Gasteiger partial charge in [0.25, 0.3) is 0 Å². The normalized spacial score (nSPS) is 42.4. The van der Waals surface area contributed by atoms with Crippen LogP contribution in [0.5, 0.6) is 0 Å². The van der Waals surface area contributed by atoms with Gasteiger partial charge in [-0.3, -0.25) is 4.99 Å². The molecule has 1 heterocycles. The summed E-state index contributed by atoms with van der Waals surface area (Å²) in [5.41, 5.74) is 0. The minimum absolute atomic E-state index is 0.686. The molecule has 1 N–H and O–H groups in total. The van der Waals surface area contributed by atoms with Crippen LogP contribution in [-0.4, -0.2) is 23.0 Å². The van der Waals surface area contributed by atoms with E-state index in [1.54, 1.807) is 0 Å². The molecule has 0 bridgehead atoms. The van der Waals surface area contributed by atoms with Crippen molar-refractivity contribution in [3.63, 3.8) is 0 Å². The lowest BCUT2D eigenvalue weighted by Crippen LogP contribution is -2.38. The summed E-state index contributed by atoms with van der Waals surface area (Å²) >= 11 is 2.02. The van der Waals surface area contributed by atoms with Gasteiger partial charge in [-0.05, 0) is 49.9 Å². The lowest BCUT2D eigenvalue weighted by atomic mass is 9.79. The van der Waals surface area contributed by atoms with E-state index in [2.05, 4.69) is 24.2 Å². The van der Waals surface area contributed by atoms with Crippen molar-refractivity contribution in [3.05, 3.63) is 0 Å². The third-order valence-electron chi connectivity index (χ3n) is 4.75. The molecule has 4 unspecified atom stereocenters. The molecule has 2 aliphatic carbocycles. The lowest BCUT2D eigenvalue weighted by Gasteiger charge is -2.32. The Balaban J connectivity index is 1.47. The zero-order chi connectivity index (χ0) is 11.8. The highest BCUT2D eigenvalue weighted by atomic mass is 32.2. The highest BCUT2D eigenvalue weighted by molar-refractivity contribution is 8.14. The topological polar surface area (TPSA) is 24.4 Å². The van der Waals surface area contributed by atoms with Gasteiger partial charge in [0, 0.05) is 11.3 Å². The van der Waals surface area contributed by atoms with E-state index < -0.39 is 0 Å². The molecule has 0 amide bonds. The largest absolute Gasteiger partial charge is 0.362 e. The van der Waals surface area contributed by atoms with Gasteiger partial charge in [-0.2, -0.15) is 0 Å². The Hall–Kier alpha value is -0.180. The number of hydrogen-bond donors (Lipinski definition) is 1. The second-order valence-corrected chi connectivity index (χ2v) is 7.48. The molecule has 0 aromatic rings. The highest BCUT2D eigenvalue weighted by Gasteiger charge is 2.36. The van der Waals surface area contributed by atoms with E-state index in [9.17, 15) is 0 Å². The Morgan fingerprint density at radius 2 is 1.94 bits per heavy atom. The molecule has 17 heavy (non-hydrogen) atoms. The Morgan fingerprint density at radius 3 is 2.65 bits per heavy atom. The monoisotopic (exact) mass is 252 g/mol. The molecule has 0 aromatic carbocycles. The summed E-state index contributed by atoms with van der Waals surface area (Å²) in [6, 6.07) is 0.686. The molecular formula is C14H24N2S. The lowest BCUT2D eigenvalue weighted by molar-refractivity contribution is 0.241. The quantitative estimate of drug-likeness (QED) is 0.815. The summed E-state index contributed by atoms with van der Waals surface area (Å²) in [6.07, 6.45) is 6.92. The predicted molar refractivity (Wildman–Crippen MR) is 75.5 cm³/mol. The zero-order valence-corrected chi connectivity index (χ0v) is 11.8. The molecule has 2 fully saturated rings. The molecule has 0 saturated heterocycles. The third-order valence-corrected chi connectivity index (χ3v) is 6.06. The van der Waals surface area contributed by atoms with Crippen LogP contribution in [0.1, 0.15) is 46.0 Å². The molecule has 3 heteroatoms. The number of nitrogens with zero attached hydrogens (tertiary/aromatic N) is 1. The van der Waals surface area contributed by atoms with Crippen molar-refractivity contribution in [1.29, 1.82) is 0 Å². The van der Waals surface area contributed by atoms with Crippen LogP contribution in [-0.2, 0) is 0 Å². The first-order chi connectivity index (χ1) is 8.22. The van der Waals surface area contributed by atoms with Crippen molar-refractivity contribution in [2.24, 2.45) is 22.7 Å². The first-order valence-corrected chi connectivity index (χ1v) is 8.08. The Kier molecular flexibility index (Phi) is 3.38. The molecule has 0 aromatic heterocycles. The molecule has 2 nitrogen and oxygen atoms in total. The third kappa shape index (κ3) is 2.81. The number of rotatable bonds is 2. The number of nitrogens with one attached hydrogen (secondary N) is 1. The average molecular weight is 252 g/mol. The standard InChI is InChI=1S/C14H24N2S/c1-9-3-6-12(7-10(9)2)16-14-15-8-13(17-14)11-4-5-11/h9-13H,3-8H2,1-2H3,(H,15,16). The van der Waals surface area contributed by atoms with Gasteiger partial charge in [-0.25, -0.2) is 0 Å². The molecule has 3 rings (SSSR count). The number of amidine groups is 1. The van der Waals surface area contributed by atoms with Crippen LogP contribution < -0.4 is 5.32 Å². The van der Waals surface area contributed by atoms with Crippen molar-refractivity contribution in [3.8, 4) is 0 Å². The maximum absolute atomic E-state index is 4.69. The molecule has 3 aliphatic rings. The van der Waals surface area contributed by atoms with E-state index in [-0.39, 0.29) is 0 Å². The fourth-order valence-corrected chi connectivity index (χ4v) is 4.32. The smallest absolute Gasteiger partial charge is 0.157 e. The van der Waals surface area contributed by atoms with Crippen LogP contribution in [0.25, 0.3) is 0 Å². The van der Waals surface area contributed by atoms with Gasteiger partial charge in [0.05, 0.1) is 6.54 Å². The first kappa shape index (κ1) is 11.9. The molecule has 0 spiro atoms. The Bertz CT molecular complexity index is 311. The van der Waals surface area contributed by atoms with Gasteiger partial charge in [-0.15, -0.1) is 0 Å². The molecule has 1 aliphatic heterocycles. The SMILES string of the molecule is CC1CCC(NC2=NCC(C3CC3)S2)CC1C. The summed E-state index contributed by atoms with van der Waals surface area (Å²) < 4.78 is 0. The van der Waals surface area contributed by atoms with Crippen LogP contribution >= 0.6 is 11.8 Å². The van der Waals surface area contributed by atoms with Crippen molar-refractivity contribution in [2.45, 2.75) is 57.2 Å². The second kappa shape index (κ2) is 4.83. The van der Waals surface area contributed by atoms with Crippen LogP contribution in [0.4, 0.5) is 0 Å². The van der Waals surface area contributed by atoms with Gasteiger partial charge in [0.2, 0.25) is 0 Å². The van der Waals surface area contributed by atoms with Crippen LogP contribution in [0.15, 0.2) is 4.99 Å².